The standard InChI is InChI=1S/C37H74N2O2/c1-3-5-7-9-11-13-15-17-19-21-23-25-27-29-32-36(40)38-34-31-35-39-37(41)33-30-28-26-24-22-20-18-16-14-12-10-8-6-4-2/h3-35H2,1-2H3,(H,38,40)(H,39,41). The van der Waals surface area contributed by atoms with Crippen LogP contribution in [0.5, 0.6) is 0 Å². The molecule has 244 valence electrons. The second-order valence-electron chi connectivity index (χ2n) is 12.7. The highest BCUT2D eigenvalue weighted by Crippen LogP contribution is 2.14. The molecule has 0 rings (SSSR count). The Kier molecular flexibility index (Phi) is 34.2. The maximum atomic E-state index is 12.0. The van der Waals surface area contributed by atoms with Gasteiger partial charge in [0, 0.05) is 25.9 Å². The number of carbonyl (C=O) groups is 2. The zero-order valence-corrected chi connectivity index (χ0v) is 28.2. The molecule has 2 amide bonds. The number of amides is 2. The minimum absolute atomic E-state index is 0.165. The van der Waals surface area contributed by atoms with Gasteiger partial charge in [-0.1, -0.05) is 181 Å². The highest BCUT2D eigenvalue weighted by Gasteiger charge is 2.03. The quantitative estimate of drug-likeness (QED) is 0.0746. The molecule has 41 heavy (non-hydrogen) atoms. The van der Waals surface area contributed by atoms with Gasteiger partial charge in [0.15, 0.2) is 0 Å². The Bertz CT molecular complexity index is 491. The summed E-state index contributed by atoms with van der Waals surface area (Å²) in [6.07, 6.45) is 39.6. The first-order chi connectivity index (χ1) is 20.2. The van der Waals surface area contributed by atoms with Crippen molar-refractivity contribution in [2.75, 3.05) is 13.1 Å². The predicted octanol–water partition coefficient (Wildman–Crippen LogP) is 11.4. The number of rotatable bonds is 34. The first-order valence-electron chi connectivity index (χ1n) is 18.7. The molecule has 2 N–H and O–H groups in total. The van der Waals surface area contributed by atoms with Crippen LogP contribution in [0.4, 0.5) is 0 Å². The summed E-state index contributed by atoms with van der Waals surface area (Å²) in [7, 11) is 0. The molecule has 0 aliphatic rings. The number of unbranched alkanes of at least 4 members (excludes halogenated alkanes) is 26. The molecule has 0 saturated carbocycles. The van der Waals surface area contributed by atoms with Gasteiger partial charge >= 0.3 is 0 Å². The minimum atomic E-state index is 0.165. The minimum Gasteiger partial charge on any atom is -0.356 e. The summed E-state index contributed by atoms with van der Waals surface area (Å²) in [6, 6.07) is 0. The Morgan fingerprint density at radius 3 is 0.780 bits per heavy atom. The molecule has 0 atom stereocenters. The van der Waals surface area contributed by atoms with Gasteiger partial charge in [0.1, 0.15) is 0 Å². The maximum absolute atomic E-state index is 12.0. The van der Waals surface area contributed by atoms with E-state index in [1.54, 1.807) is 0 Å². The predicted molar refractivity (Wildman–Crippen MR) is 180 cm³/mol. The number of carbonyl (C=O) groups excluding carboxylic acids is 2. The summed E-state index contributed by atoms with van der Waals surface area (Å²) in [5, 5.41) is 6.02. The molecular formula is C37H74N2O2. The lowest BCUT2D eigenvalue weighted by Crippen LogP contribution is -2.29. The fourth-order valence-corrected chi connectivity index (χ4v) is 5.68. The van der Waals surface area contributed by atoms with Gasteiger partial charge in [-0.15, -0.1) is 0 Å². The van der Waals surface area contributed by atoms with Gasteiger partial charge in [-0.2, -0.15) is 0 Å². The van der Waals surface area contributed by atoms with Crippen molar-refractivity contribution in [2.45, 2.75) is 213 Å². The molecule has 0 heterocycles. The molecule has 0 aliphatic heterocycles. The molecule has 0 aromatic carbocycles. The van der Waals surface area contributed by atoms with Crippen molar-refractivity contribution in [3.05, 3.63) is 0 Å². The first-order valence-corrected chi connectivity index (χ1v) is 18.7. The Morgan fingerprint density at radius 1 is 0.317 bits per heavy atom. The highest BCUT2D eigenvalue weighted by atomic mass is 16.2. The molecule has 0 spiro atoms. The van der Waals surface area contributed by atoms with Crippen molar-refractivity contribution in [3.8, 4) is 0 Å². The van der Waals surface area contributed by atoms with Crippen LogP contribution in [0.2, 0.25) is 0 Å². The average molecular weight is 579 g/mol. The highest BCUT2D eigenvalue weighted by molar-refractivity contribution is 5.76. The zero-order chi connectivity index (χ0) is 29.9. The van der Waals surface area contributed by atoms with Crippen LogP contribution in [-0.2, 0) is 9.59 Å². The zero-order valence-electron chi connectivity index (χ0n) is 28.2. The van der Waals surface area contributed by atoms with Gasteiger partial charge in [-0.3, -0.25) is 9.59 Å². The molecule has 0 saturated heterocycles. The topological polar surface area (TPSA) is 58.2 Å². The second-order valence-corrected chi connectivity index (χ2v) is 12.7. The molecule has 0 radical (unpaired) electrons. The summed E-state index contributed by atoms with van der Waals surface area (Å²) < 4.78 is 0. The van der Waals surface area contributed by atoms with E-state index in [1.165, 1.54) is 167 Å². The summed E-state index contributed by atoms with van der Waals surface area (Å²) in [6.45, 7) is 5.89. The third-order valence-corrected chi connectivity index (χ3v) is 8.51. The van der Waals surface area contributed by atoms with Crippen molar-refractivity contribution in [1.82, 2.24) is 10.6 Å². The van der Waals surface area contributed by atoms with Crippen LogP contribution in [0.3, 0.4) is 0 Å². The van der Waals surface area contributed by atoms with Crippen LogP contribution in [-0.4, -0.2) is 24.9 Å². The summed E-state index contributed by atoms with van der Waals surface area (Å²) in [5.74, 6) is 0.329. The molecule has 0 bridgehead atoms. The van der Waals surface area contributed by atoms with E-state index in [2.05, 4.69) is 24.5 Å². The third kappa shape index (κ3) is 35.0. The number of hydrogen-bond acceptors (Lipinski definition) is 2. The van der Waals surface area contributed by atoms with Crippen molar-refractivity contribution in [3.63, 3.8) is 0 Å². The van der Waals surface area contributed by atoms with E-state index in [0.29, 0.717) is 25.9 Å². The smallest absolute Gasteiger partial charge is 0.219 e. The van der Waals surface area contributed by atoms with Gasteiger partial charge in [0.05, 0.1) is 0 Å². The van der Waals surface area contributed by atoms with Crippen molar-refractivity contribution in [1.29, 1.82) is 0 Å². The van der Waals surface area contributed by atoms with E-state index >= 15 is 0 Å². The van der Waals surface area contributed by atoms with Crippen molar-refractivity contribution < 1.29 is 9.59 Å². The SMILES string of the molecule is CCCCCCCCCCCCCCCCC(=O)NCCCNC(=O)CCCCCCCCCCCCCCCC. The number of hydrogen-bond donors (Lipinski definition) is 2. The summed E-state index contributed by atoms with van der Waals surface area (Å²) in [5.41, 5.74) is 0. The van der Waals surface area contributed by atoms with E-state index < -0.39 is 0 Å². The second kappa shape index (κ2) is 35.1. The van der Waals surface area contributed by atoms with Crippen LogP contribution in [0.15, 0.2) is 0 Å². The molecule has 0 aliphatic carbocycles. The lowest BCUT2D eigenvalue weighted by Gasteiger charge is -2.07. The average Bonchev–Trinajstić information content (AvgIpc) is 2.97. The Hall–Kier alpha value is -1.06. The summed E-state index contributed by atoms with van der Waals surface area (Å²) in [4.78, 5) is 24.0. The fraction of sp³-hybridized carbons (Fsp3) is 0.946. The van der Waals surface area contributed by atoms with E-state index in [0.717, 1.165) is 19.3 Å². The molecule has 0 unspecified atom stereocenters. The monoisotopic (exact) mass is 579 g/mol. The molecule has 4 nitrogen and oxygen atoms in total. The van der Waals surface area contributed by atoms with Crippen LogP contribution in [0.25, 0.3) is 0 Å². The molecule has 0 aromatic heterocycles. The largest absolute Gasteiger partial charge is 0.356 e. The van der Waals surface area contributed by atoms with Crippen LogP contribution in [0.1, 0.15) is 213 Å². The number of nitrogens with one attached hydrogen (secondary N) is 2. The van der Waals surface area contributed by atoms with Gasteiger partial charge < -0.3 is 10.6 Å². The molecule has 0 fully saturated rings. The lowest BCUT2D eigenvalue weighted by atomic mass is 10.0. The Morgan fingerprint density at radius 2 is 0.537 bits per heavy atom. The Labute approximate surface area is 257 Å². The van der Waals surface area contributed by atoms with E-state index in [-0.39, 0.29) is 11.8 Å². The third-order valence-electron chi connectivity index (χ3n) is 8.51. The van der Waals surface area contributed by atoms with Gasteiger partial charge in [0.2, 0.25) is 11.8 Å². The van der Waals surface area contributed by atoms with E-state index in [9.17, 15) is 9.59 Å². The first kappa shape index (κ1) is 39.9. The van der Waals surface area contributed by atoms with Crippen molar-refractivity contribution in [2.24, 2.45) is 0 Å². The van der Waals surface area contributed by atoms with Crippen molar-refractivity contribution >= 4 is 11.8 Å². The molecular weight excluding hydrogens is 504 g/mol. The van der Waals surface area contributed by atoms with Crippen LogP contribution >= 0.6 is 0 Å². The van der Waals surface area contributed by atoms with Gasteiger partial charge in [0.25, 0.3) is 0 Å². The molecule has 0 aromatic rings. The van der Waals surface area contributed by atoms with Gasteiger partial charge in [-0.05, 0) is 19.3 Å². The summed E-state index contributed by atoms with van der Waals surface area (Å²) >= 11 is 0. The lowest BCUT2D eigenvalue weighted by molar-refractivity contribution is -0.121. The maximum Gasteiger partial charge on any atom is 0.219 e. The van der Waals surface area contributed by atoms with E-state index in [4.69, 9.17) is 0 Å². The Balaban J connectivity index is 3.26. The van der Waals surface area contributed by atoms with Gasteiger partial charge in [-0.25, -0.2) is 0 Å². The van der Waals surface area contributed by atoms with Crippen LogP contribution < -0.4 is 10.6 Å². The molecule has 4 heteroatoms. The van der Waals surface area contributed by atoms with E-state index in [1.807, 2.05) is 0 Å². The van der Waals surface area contributed by atoms with Crippen LogP contribution in [0, 0.1) is 0 Å². The normalized spacial score (nSPS) is 11.2. The fourth-order valence-electron chi connectivity index (χ4n) is 5.68.